The van der Waals surface area contributed by atoms with Gasteiger partial charge in [-0.05, 0) is 30.2 Å². The van der Waals surface area contributed by atoms with Gasteiger partial charge in [-0.2, -0.15) is 0 Å². The first kappa shape index (κ1) is 15.1. The molecule has 1 heterocycles. The highest BCUT2D eigenvalue weighted by Gasteiger charge is 2.15. The molecule has 5 nitrogen and oxygen atoms in total. The van der Waals surface area contributed by atoms with Gasteiger partial charge in [-0.3, -0.25) is 4.79 Å². The van der Waals surface area contributed by atoms with Gasteiger partial charge in [-0.25, -0.2) is 0 Å². The van der Waals surface area contributed by atoms with Gasteiger partial charge in [-0.1, -0.05) is 12.1 Å². The van der Waals surface area contributed by atoms with E-state index in [4.69, 9.17) is 14.9 Å². The SMILES string of the molecule is COc1ccc(CN(C)C(=O)c2coc(CN)c2)cc1C. The summed E-state index contributed by atoms with van der Waals surface area (Å²) < 4.78 is 10.4. The van der Waals surface area contributed by atoms with Crippen LogP contribution in [-0.2, 0) is 13.1 Å². The van der Waals surface area contributed by atoms with E-state index < -0.39 is 0 Å². The van der Waals surface area contributed by atoms with Crippen molar-refractivity contribution in [1.82, 2.24) is 4.90 Å². The minimum absolute atomic E-state index is 0.0908. The molecule has 1 aromatic carbocycles. The number of benzene rings is 1. The van der Waals surface area contributed by atoms with Gasteiger partial charge in [0.15, 0.2) is 0 Å². The van der Waals surface area contributed by atoms with Crippen LogP contribution in [0, 0.1) is 6.92 Å². The number of carbonyl (C=O) groups is 1. The summed E-state index contributed by atoms with van der Waals surface area (Å²) in [6, 6.07) is 7.56. The first-order chi connectivity index (χ1) is 10.0. The zero-order valence-corrected chi connectivity index (χ0v) is 12.6. The van der Waals surface area contributed by atoms with Crippen LogP contribution < -0.4 is 10.5 Å². The second kappa shape index (κ2) is 6.45. The molecular weight excluding hydrogens is 268 g/mol. The van der Waals surface area contributed by atoms with Crippen LogP contribution in [0.3, 0.4) is 0 Å². The van der Waals surface area contributed by atoms with Crippen molar-refractivity contribution < 1.29 is 13.9 Å². The first-order valence-corrected chi connectivity index (χ1v) is 6.71. The first-order valence-electron chi connectivity index (χ1n) is 6.71. The van der Waals surface area contributed by atoms with Crippen LogP contribution in [0.1, 0.15) is 27.2 Å². The smallest absolute Gasteiger partial charge is 0.257 e. The van der Waals surface area contributed by atoms with Gasteiger partial charge < -0.3 is 19.8 Å². The van der Waals surface area contributed by atoms with Gasteiger partial charge in [0.1, 0.15) is 17.8 Å². The monoisotopic (exact) mass is 288 g/mol. The highest BCUT2D eigenvalue weighted by molar-refractivity contribution is 5.93. The summed E-state index contributed by atoms with van der Waals surface area (Å²) >= 11 is 0. The molecule has 2 aromatic rings. The fraction of sp³-hybridized carbons (Fsp3) is 0.312. The third kappa shape index (κ3) is 3.44. The van der Waals surface area contributed by atoms with Crippen molar-refractivity contribution >= 4 is 5.91 Å². The Balaban J connectivity index is 2.08. The normalized spacial score (nSPS) is 10.5. The lowest BCUT2D eigenvalue weighted by Crippen LogP contribution is -2.25. The summed E-state index contributed by atoms with van der Waals surface area (Å²) in [6.07, 6.45) is 1.44. The molecule has 0 spiro atoms. The highest BCUT2D eigenvalue weighted by Crippen LogP contribution is 2.20. The van der Waals surface area contributed by atoms with Gasteiger partial charge in [0, 0.05) is 13.6 Å². The third-order valence-corrected chi connectivity index (χ3v) is 3.33. The summed E-state index contributed by atoms with van der Waals surface area (Å²) in [6.45, 7) is 2.79. The lowest BCUT2D eigenvalue weighted by atomic mass is 10.1. The number of nitrogens with zero attached hydrogens (tertiary/aromatic N) is 1. The number of carbonyl (C=O) groups excluding carboxylic acids is 1. The molecule has 5 heteroatoms. The van der Waals surface area contributed by atoms with Crippen LogP contribution in [0.25, 0.3) is 0 Å². The van der Waals surface area contributed by atoms with Gasteiger partial charge in [0.25, 0.3) is 5.91 Å². The number of nitrogens with two attached hydrogens (primary N) is 1. The fourth-order valence-electron chi connectivity index (χ4n) is 2.20. The van der Waals surface area contributed by atoms with Crippen molar-refractivity contribution in [3.8, 4) is 5.75 Å². The molecule has 0 saturated carbocycles. The molecule has 0 unspecified atom stereocenters. The maximum atomic E-state index is 12.3. The number of rotatable bonds is 5. The predicted molar refractivity (Wildman–Crippen MR) is 80.1 cm³/mol. The second-order valence-electron chi connectivity index (χ2n) is 4.97. The predicted octanol–water partition coefficient (Wildman–Crippen LogP) is 2.33. The summed E-state index contributed by atoms with van der Waals surface area (Å²) in [4.78, 5) is 13.9. The Kier molecular flexibility index (Phi) is 4.65. The number of hydrogen-bond donors (Lipinski definition) is 1. The topological polar surface area (TPSA) is 68.7 Å². The molecule has 0 bridgehead atoms. The minimum atomic E-state index is -0.0908. The molecular formula is C16H20N2O3. The van der Waals surface area contributed by atoms with E-state index in [0.29, 0.717) is 17.9 Å². The summed E-state index contributed by atoms with van der Waals surface area (Å²) in [5, 5.41) is 0. The van der Waals surface area contributed by atoms with E-state index in [1.54, 1.807) is 25.1 Å². The van der Waals surface area contributed by atoms with E-state index in [0.717, 1.165) is 16.9 Å². The quantitative estimate of drug-likeness (QED) is 0.916. The molecule has 0 aliphatic heterocycles. The molecule has 112 valence electrons. The lowest BCUT2D eigenvalue weighted by Gasteiger charge is -2.17. The Labute approximate surface area is 124 Å². The Hall–Kier alpha value is -2.27. The Morgan fingerprint density at radius 3 is 2.71 bits per heavy atom. The van der Waals surface area contributed by atoms with Crippen LogP contribution in [0.15, 0.2) is 34.9 Å². The van der Waals surface area contributed by atoms with Crippen molar-refractivity contribution in [3.63, 3.8) is 0 Å². The molecule has 0 saturated heterocycles. The molecule has 21 heavy (non-hydrogen) atoms. The second-order valence-corrected chi connectivity index (χ2v) is 4.97. The molecule has 2 rings (SSSR count). The van der Waals surface area contributed by atoms with Crippen LogP contribution in [0.4, 0.5) is 0 Å². The van der Waals surface area contributed by atoms with Crippen molar-refractivity contribution in [3.05, 3.63) is 53.0 Å². The largest absolute Gasteiger partial charge is 0.496 e. The van der Waals surface area contributed by atoms with E-state index in [1.807, 2.05) is 25.1 Å². The van der Waals surface area contributed by atoms with Crippen molar-refractivity contribution in [2.45, 2.75) is 20.0 Å². The number of amides is 1. The molecule has 0 atom stereocenters. The lowest BCUT2D eigenvalue weighted by molar-refractivity contribution is 0.0784. The van der Waals surface area contributed by atoms with Gasteiger partial charge in [0.2, 0.25) is 0 Å². The van der Waals surface area contributed by atoms with E-state index in [1.165, 1.54) is 6.26 Å². The number of ether oxygens (including phenoxy) is 1. The molecule has 2 N–H and O–H groups in total. The van der Waals surface area contributed by atoms with E-state index >= 15 is 0 Å². The molecule has 1 amide bonds. The van der Waals surface area contributed by atoms with Crippen LogP contribution in [0.5, 0.6) is 5.75 Å². The minimum Gasteiger partial charge on any atom is -0.496 e. The van der Waals surface area contributed by atoms with E-state index in [2.05, 4.69) is 0 Å². The fourth-order valence-corrected chi connectivity index (χ4v) is 2.20. The number of hydrogen-bond acceptors (Lipinski definition) is 4. The average Bonchev–Trinajstić information content (AvgIpc) is 2.95. The maximum absolute atomic E-state index is 12.3. The molecule has 0 fully saturated rings. The van der Waals surface area contributed by atoms with Crippen LogP contribution >= 0.6 is 0 Å². The van der Waals surface area contributed by atoms with E-state index in [-0.39, 0.29) is 12.5 Å². The van der Waals surface area contributed by atoms with Crippen LogP contribution in [0.2, 0.25) is 0 Å². The number of methoxy groups -OCH3 is 1. The van der Waals surface area contributed by atoms with Crippen molar-refractivity contribution in [2.75, 3.05) is 14.2 Å². The van der Waals surface area contributed by atoms with Gasteiger partial charge in [0.05, 0.1) is 19.2 Å². The third-order valence-electron chi connectivity index (χ3n) is 3.33. The highest BCUT2D eigenvalue weighted by atomic mass is 16.5. The zero-order chi connectivity index (χ0) is 15.4. The summed E-state index contributed by atoms with van der Waals surface area (Å²) in [7, 11) is 3.41. The van der Waals surface area contributed by atoms with Gasteiger partial charge >= 0.3 is 0 Å². The number of aryl methyl sites for hydroxylation is 1. The molecule has 0 aliphatic carbocycles. The standard InChI is InChI=1S/C16H20N2O3/c1-11-6-12(4-5-15(11)20-3)9-18(2)16(19)13-7-14(8-17)21-10-13/h4-7,10H,8-9,17H2,1-3H3. The summed E-state index contributed by atoms with van der Waals surface area (Å²) in [5.41, 5.74) is 8.09. The molecule has 0 aliphatic rings. The van der Waals surface area contributed by atoms with Crippen LogP contribution in [-0.4, -0.2) is 25.0 Å². The molecule has 0 radical (unpaired) electrons. The summed E-state index contributed by atoms with van der Waals surface area (Å²) in [5.74, 6) is 1.36. The van der Waals surface area contributed by atoms with Gasteiger partial charge in [-0.15, -0.1) is 0 Å². The van der Waals surface area contributed by atoms with Crippen molar-refractivity contribution in [1.29, 1.82) is 0 Å². The zero-order valence-electron chi connectivity index (χ0n) is 12.6. The number of furan rings is 1. The maximum Gasteiger partial charge on any atom is 0.257 e. The van der Waals surface area contributed by atoms with Crippen molar-refractivity contribution in [2.24, 2.45) is 5.73 Å². The Bertz CT molecular complexity index is 634. The Morgan fingerprint density at radius 2 is 2.14 bits per heavy atom. The van der Waals surface area contributed by atoms with E-state index in [9.17, 15) is 4.79 Å². The Morgan fingerprint density at radius 1 is 1.38 bits per heavy atom. The molecule has 1 aromatic heterocycles. The average molecular weight is 288 g/mol.